The quantitative estimate of drug-likeness (QED) is 0.805. The van der Waals surface area contributed by atoms with Crippen LogP contribution in [0, 0.1) is 5.92 Å². The average molecular weight is 308 g/mol. The molecule has 2 saturated heterocycles. The third kappa shape index (κ3) is 3.74. The summed E-state index contributed by atoms with van der Waals surface area (Å²) in [5.74, 6) is 0.628. The number of halogens is 1. The summed E-state index contributed by atoms with van der Waals surface area (Å²) in [6.07, 6.45) is 6.15. The summed E-state index contributed by atoms with van der Waals surface area (Å²) in [5, 5.41) is 0.536. The number of amides is 1. The number of aromatic nitrogens is 1. The van der Waals surface area contributed by atoms with Crippen molar-refractivity contribution in [2.24, 2.45) is 5.92 Å². The first-order chi connectivity index (χ1) is 10.2. The number of nitrogens with zero attached hydrogens (tertiary/aromatic N) is 3. The zero-order chi connectivity index (χ0) is 14.7. The van der Waals surface area contributed by atoms with E-state index in [1.807, 2.05) is 18.3 Å². The molecule has 3 heterocycles. The van der Waals surface area contributed by atoms with Gasteiger partial charge in [-0.3, -0.25) is 9.69 Å². The lowest BCUT2D eigenvalue weighted by atomic mass is 9.95. The highest BCUT2D eigenvalue weighted by Gasteiger charge is 2.29. The molecule has 5 heteroatoms. The van der Waals surface area contributed by atoms with Crippen molar-refractivity contribution < 1.29 is 4.79 Å². The van der Waals surface area contributed by atoms with Crippen LogP contribution in [0.25, 0.3) is 0 Å². The van der Waals surface area contributed by atoms with Gasteiger partial charge in [-0.1, -0.05) is 17.7 Å². The van der Waals surface area contributed by atoms with Crippen molar-refractivity contribution >= 4 is 17.5 Å². The minimum Gasteiger partial charge on any atom is -0.342 e. The van der Waals surface area contributed by atoms with Crippen LogP contribution in [0.15, 0.2) is 18.3 Å². The van der Waals surface area contributed by atoms with Crippen molar-refractivity contribution in [2.45, 2.75) is 32.2 Å². The van der Waals surface area contributed by atoms with Gasteiger partial charge in [-0.25, -0.2) is 4.98 Å². The SMILES string of the molecule is O=C(C1CCN(Cc2ccc(Cl)nc2)CC1)N1CCCC1. The molecule has 0 spiro atoms. The summed E-state index contributed by atoms with van der Waals surface area (Å²) in [6, 6.07) is 3.86. The van der Waals surface area contributed by atoms with E-state index in [4.69, 9.17) is 11.6 Å². The van der Waals surface area contributed by atoms with Crippen molar-refractivity contribution in [1.82, 2.24) is 14.8 Å². The molecule has 1 amide bonds. The summed E-state index contributed by atoms with van der Waals surface area (Å²) in [5.41, 5.74) is 1.18. The van der Waals surface area contributed by atoms with Crippen LogP contribution in [-0.4, -0.2) is 46.9 Å². The summed E-state index contributed by atoms with van der Waals surface area (Å²) >= 11 is 5.80. The van der Waals surface area contributed by atoms with Crippen LogP contribution in [0.4, 0.5) is 0 Å². The Bertz CT molecular complexity index is 477. The lowest BCUT2D eigenvalue weighted by Crippen LogP contribution is -2.41. The molecule has 2 aliphatic rings. The molecule has 0 unspecified atom stereocenters. The van der Waals surface area contributed by atoms with Crippen LogP contribution >= 0.6 is 11.6 Å². The minimum absolute atomic E-state index is 0.239. The molecule has 2 aliphatic heterocycles. The molecule has 2 fully saturated rings. The van der Waals surface area contributed by atoms with Gasteiger partial charge in [-0.15, -0.1) is 0 Å². The van der Waals surface area contributed by atoms with E-state index in [1.165, 1.54) is 18.4 Å². The number of carbonyl (C=O) groups is 1. The molecule has 0 bridgehead atoms. The Morgan fingerprint density at radius 2 is 1.90 bits per heavy atom. The number of hydrogen-bond acceptors (Lipinski definition) is 3. The molecule has 0 aromatic carbocycles. The Morgan fingerprint density at radius 1 is 1.19 bits per heavy atom. The highest BCUT2D eigenvalue weighted by molar-refractivity contribution is 6.29. The first-order valence-corrected chi connectivity index (χ1v) is 8.22. The fraction of sp³-hybridized carbons (Fsp3) is 0.625. The molecular formula is C16H22ClN3O. The van der Waals surface area contributed by atoms with Gasteiger partial charge in [0.05, 0.1) is 0 Å². The standard InChI is InChI=1S/C16H22ClN3O/c17-15-4-3-13(11-18-15)12-19-9-5-14(6-10-19)16(21)20-7-1-2-8-20/h3-4,11,14H,1-2,5-10,12H2. The first-order valence-electron chi connectivity index (χ1n) is 7.84. The summed E-state index contributed by atoms with van der Waals surface area (Å²) in [7, 11) is 0. The van der Waals surface area contributed by atoms with Crippen molar-refractivity contribution in [2.75, 3.05) is 26.2 Å². The molecule has 21 heavy (non-hydrogen) atoms. The number of hydrogen-bond donors (Lipinski definition) is 0. The second-order valence-corrected chi connectivity index (χ2v) is 6.46. The molecule has 0 aliphatic carbocycles. The van der Waals surface area contributed by atoms with Crippen LogP contribution in [0.2, 0.25) is 5.15 Å². The minimum atomic E-state index is 0.239. The third-order valence-electron chi connectivity index (χ3n) is 4.55. The second kappa shape index (κ2) is 6.75. The van der Waals surface area contributed by atoms with E-state index < -0.39 is 0 Å². The molecule has 114 valence electrons. The summed E-state index contributed by atoms with van der Waals surface area (Å²) < 4.78 is 0. The topological polar surface area (TPSA) is 36.4 Å². The second-order valence-electron chi connectivity index (χ2n) is 6.07. The van der Waals surface area contributed by atoms with E-state index in [-0.39, 0.29) is 5.92 Å². The molecule has 3 rings (SSSR count). The number of piperidine rings is 1. The molecule has 0 atom stereocenters. The van der Waals surface area contributed by atoms with E-state index >= 15 is 0 Å². The molecule has 0 N–H and O–H groups in total. The lowest BCUT2D eigenvalue weighted by molar-refractivity contribution is -0.136. The molecule has 4 nitrogen and oxygen atoms in total. The van der Waals surface area contributed by atoms with Gasteiger partial charge in [0.25, 0.3) is 0 Å². The summed E-state index contributed by atoms with van der Waals surface area (Å²) in [6.45, 7) is 4.82. The smallest absolute Gasteiger partial charge is 0.225 e. The third-order valence-corrected chi connectivity index (χ3v) is 4.77. The maximum atomic E-state index is 12.4. The summed E-state index contributed by atoms with van der Waals surface area (Å²) in [4.78, 5) is 21.0. The van der Waals surface area contributed by atoms with Gasteiger partial charge in [0.15, 0.2) is 0 Å². The van der Waals surface area contributed by atoms with Gasteiger partial charge in [0, 0.05) is 31.7 Å². The van der Waals surface area contributed by atoms with Crippen LogP contribution < -0.4 is 0 Å². The number of pyridine rings is 1. The maximum absolute atomic E-state index is 12.4. The van der Waals surface area contributed by atoms with E-state index in [0.717, 1.165) is 45.6 Å². The normalized spacial score (nSPS) is 20.9. The van der Waals surface area contributed by atoms with E-state index in [0.29, 0.717) is 11.1 Å². The number of likely N-dealkylation sites (tertiary alicyclic amines) is 2. The Balaban J connectivity index is 1.48. The fourth-order valence-electron chi connectivity index (χ4n) is 3.29. The van der Waals surface area contributed by atoms with E-state index in [9.17, 15) is 4.79 Å². The fourth-order valence-corrected chi connectivity index (χ4v) is 3.40. The monoisotopic (exact) mass is 307 g/mol. The van der Waals surface area contributed by atoms with E-state index in [2.05, 4.69) is 14.8 Å². The van der Waals surface area contributed by atoms with Gasteiger partial charge in [-0.2, -0.15) is 0 Å². The Morgan fingerprint density at radius 3 is 2.52 bits per heavy atom. The highest BCUT2D eigenvalue weighted by Crippen LogP contribution is 2.23. The lowest BCUT2D eigenvalue weighted by Gasteiger charge is -2.33. The van der Waals surface area contributed by atoms with Gasteiger partial charge < -0.3 is 4.90 Å². The zero-order valence-corrected chi connectivity index (χ0v) is 13.1. The highest BCUT2D eigenvalue weighted by atomic mass is 35.5. The Kier molecular flexibility index (Phi) is 4.76. The molecule has 0 saturated carbocycles. The molecular weight excluding hydrogens is 286 g/mol. The Hall–Kier alpha value is -1.13. The zero-order valence-electron chi connectivity index (χ0n) is 12.3. The van der Waals surface area contributed by atoms with Gasteiger partial charge in [-0.05, 0) is 50.4 Å². The molecule has 1 aromatic heterocycles. The van der Waals surface area contributed by atoms with Crippen molar-refractivity contribution in [1.29, 1.82) is 0 Å². The molecule has 0 radical (unpaired) electrons. The number of carbonyl (C=O) groups excluding carboxylic acids is 1. The number of rotatable bonds is 3. The largest absolute Gasteiger partial charge is 0.342 e. The van der Waals surface area contributed by atoms with Crippen LogP contribution in [0.1, 0.15) is 31.2 Å². The van der Waals surface area contributed by atoms with E-state index in [1.54, 1.807) is 0 Å². The van der Waals surface area contributed by atoms with Crippen molar-refractivity contribution in [3.63, 3.8) is 0 Å². The average Bonchev–Trinajstić information content (AvgIpc) is 3.04. The molecule has 1 aromatic rings. The van der Waals surface area contributed by atoms with Crippen molar-refractivity contribution in [3.8, 4) is 0 Å². The van der Waals surface area contributed by atoms with Gasteiger partial charge in [0.1, 0.15) is 5.15 Å². The maximum Gasteiger partial charge on any atom is 0.225 e. The van der Waals surface area contributed by atoms with Crippen LogP contribution in [-0.2, 0) is 11.3 Å². The van der Waals surface area contributed by atoms with Crippen LogP contribution in [0.5, 0.6) is 0 Å². The Labute approximate surface area is 131 Å². The predicted octanol–water partition coefficient (Wildman–Crippen LogP) is 2.57. The van der Waals surface area contributed by atoms with Crippen molar-refractivity contribution in [3.05, 3.63) is 29.0 Å². The van der Waals surface area contributed by atoms with Crippen LogP contribution in [0.3, 0.4) is 0 Å². The first kappa shape index (κ1) is 14.8. The van der Waals surface area contributed by atoms with Gasteiger partial charge in [0.2, 0.25) is 5.91 Å². The van der Waals surface area contributed by atoms with Gasteiger partial charge >= 0.3 is 0 Å². The predicted molar refractivity (Wildman–Crippen MR) is 83.1 cm³/mol.